The van der Waals surface area contributed by atoms with Gasteiger partial charge in [-0.2, -0.15) is 12.6 Å². The van der Waals surface area contributed by atoms with Crippen LogP contribution in [0, 0.1) is 6.92 Å². The maximum atomic E-state index is 13.6. The van der Waals surface area contributed by atoms with E-state index in [1.54, 1.807) is 16.2 Å². The predicted molar refractivity (Wildman–Crippen MR) is 145 cm³/mol. The van der Waals surface area contributed by atoms with Crippen molar-refractivity contribution in [2.45, 2.75) is 50.8 Å². The number of thiol groups is 1. The Morgan fingerprint density at radius 1 is 1.19 bits per heavy atom. The van der Waals surface area contributed by atoms with Gasteiger partial charge in [0.1, 0.15) is 18.3 Å². The summed E-state index contributed by atoms with van der Waals surface area (Å²) in [6.45, 7) is 2.77. The van der Waals surface area contributed by atoms with Crippen LogP contribution in [0.5, 0.6) is 0 Å². The number of carbonyl (C=O) groups is 2. The van der Waals surface area contributed by atoms with Crippen LogP contribution in [0.2, 0.25) is 0 Å². The standard InChI is InChI=1S/C27H30N4O4S2/c1-16-24(37-15-29-16)18-8-6-17(7-9-18)11-28-25(33)22-10-20(32)13-31(22)27(35)23(14-36)30-12-19-4-2-3-5-21(19)26(30)34/h2-9,15,20,22-23,26,32,34,36H,10-14H2,1H3,(H,28,33)/t20-,22+,23+,26?/m1/s1. The van der Waals surface area contributed by atoms with Crippen molar-refractivity contribution in [3.05, 3.63) is 76.4 Å². The highest BCUT2D eigenvalue weighted by Gasteiger charge is 2.44. The molecule has 8 nitrogen and oxygen atoms in total. The van der Waals surface area contributed by atoms with E-state index in [0.717, 1.165) is 32.8 Å². The number of carbonyl (C=O) groups excluding carboxylic acids is 2. The van der Waals surface area contributed by atoms with Gasteiger partial charge in [0.05, 0.1) is 22.2 Å². The van der Waals surface area contributed by atoms with Crippen LogP contribution < -0.4 is 5.32 Å². The molecular weight excluding hydrogens is 508 g/mol. The van der Waals surface area contributed by atoms with E-state index in [-0.39, 0.29) is 30.5 Å². The highest BCUT2D eigenvalue weighted by molar-refractivity contribution is 7.80. The van der Waals surface area contributed by atoms with Crippen molar-refractivity contribution in [3.8, 4) is 10.4 Å². The van der Waals surface area contributed by atoms with E-state index in [9.17, 15) is 19.8 Å². The van der Waals surface area contributed by atoms with Crippen LogP contribution in [0.15, 0.2) is 54.0 Å². The lowest BCUT2D eigenvalue weighted by atomic mass is 10.1. The number of aliphatic hydroxyl groups excluding tert-OH is 2. The minimum atomic E-state index is -0.922. The molecule has 0 aliphatic carbocycles. The summed E-state index contributed by atoms with van der Waals surface area (Å²) >= 11 is 5.99. The monoisotopic (exact) mass is 538 g/mol. The molecule has 0 radical (unpaired) electrons. The number of β-amino-alcohol motifs (C(OH)–C–C–N with tert-alkyl or cyclic N) is 1. The Labute approximate surface area is 225 Å². The Hall–Kier alpha value is -2.76. The molecule has 2 amide bonds. The molecule has 3 heterocycles. The zero-order valence-electron chi connectivity index (χ0n) is 20.4. The van der Waals surface area contributed by atoms with Crippen molar-refractivity contribution in [1.29, 1.82) is 0 Å². The average Bonchev–Trinajstić information content (AvgIpc) is 3.60. The van der Waals surface area contributed by atoms with Gasteiger partial charge >= 0.3 is 0 Å². The number of hydrogen-bond acceptors (Lipinski definition) is 8. The second kappa shape index (κ2) is 10.9. The van der Waals surface area contributed by atoms with Crippen LogP contribution in [-0.2, 0) is 22.7 Å². The molecule has 5 rings (SSSR count). The van der Waals surface area contributed by atoms with Gasteiger partial charge in [-0.25, -0.2) is 4.98 Å². The number of benzene rings is 2. The first-order valence-electron chi connectivity index (χ1n) is 12.3. The summed E-state index contributed by atoms with van der Waals surface area (Å²) in [4.78, 5) is 35.3. The smallest absolute Gasteiger partial charge is 0.243 e. The first kappa shape index (κ1) is 25.9. The molecule has 4 atom stereocenters. The van der Waals surface area contributed by atoms with Crippen molar-refractivity contribution in [2.75, 3.05) is 12.3 Å². The van der Waals surface area contributed by atoms with Gasteiger partial charge in [-0.05, 0) is 29.2 Å². The number of nitrogens with one attached hydrogen (secondary N) is 1. The van der Waals surface area contributed by atoms with Gasteiger partial charge in [-0.1, -0.05) is 48.5 Å². The van der Waals surface area contributed by atoms with Crippen LogP contribution in [-0.4, -0.2) is 67.3 Å². The number of aromatic nitrogens is 1. The summed E-state index contributed by atoms with van der Waals surface area (Å²) in [5, 5.41) is 24.1. The molecular formula is C27H30N4O4S2. The zero-order chi connectivity index (χ0) is 26.1. The topological polar surface area (TPSA) is 106 Å². The van der Waals surface area contributed by atoms with Gasteiger partial charge in [-0.15, -0.1) is 11.3 Å². The minimum absolute atomic E-state index is 0.0704. The Balaban J connectivity index is 1.24. The molecule has 3 aromatic rings. The van der Waals surface area contributed by atoms with Crippen molar-refractivity contribution in [1.82, 2.24) is 20.1 Å². The second-order valence-corrected chi connectivity index (χ2v) is 10.7. The van der Waals surface area contributed by atoms with Gasteiger partial charge in [0, 0.05) is 31.8 Å². The van der Waals surface area contributed by atoms with E-state index in [1.807, 2.05) is 61.0 Å². The highest BCUT2D eigenvalue weighted by Crippen LogP contribution is 2.34. The zero-order valence-corrected chi connectivity index (χ0v) is 22.2. The summed E-state index contributed by atoms with van der Waals surface area (Å²) in [6.07, 6.45) is -1.54. The number of nitrogens with zero attached hydrogens (tertiary/aromatic N) is 3. The molecule has 1 fully saturated rings. The van der Waals surface area contributed by atoms with Gasteiger partial charge in [0.25, 0.3) is 0 Å². The molecule has 194 valence electrons. The number of aliphatic hydroxyl groups is 2. The normalized spacial score (nSPS) is 22.2. The molecule has 2 aromatic carbocycles. The Morgan fingerprint density at radius 2 is 1.95 bits per heavy atom. The van der Waals surface area contributed by atoms with Crippen molar-refractivity contribution >= 4 is 35.8 Å². The lowest BCUT2D eigenvalue weighted by Gasteiger charge is -2.33. The molecule has 3 N–H and O–H groups in total. The largest absolute Gasteiger partial charge is 0.391 e. The predicted octanol–water partition coefficient (Wildman–Crippen LogP) is 2.50. The molecule has 1 unspecified atom stereocenters. The number of likely N-dealkylation sites (tertiary alicyclic amines) is 1. The fraction of sp³-hybridized carbons (Fsp3) is 0.370. The summed E-state index contributed by atoms with van der Waals surface area (Å²) in [7, 11) is 0. The first-order chi connectivity index (χ1) is 17.9. The second-order valence-electron chi connectivity index (χ2n) is 9.52. The number of aryl methyl sites for hydroxylation is 1. The third-order valence-corrected chi connectivity index (χ3v) is 8.48. The molecule has 2 aliphatic heterocycles. The van der Waals surface area contributed by atoms with E-state index in [1.165, 1.54) is 4.90 Å². The number of amides is 2. The molecule has 0 bridgehead atoms. The average molecular weight is 539 g/mol. The van der Waals surface area contributed by atoms with E-state index in [2.05, 4.69) is 22.9 Å². The van der Waals surface area contributed by atoms with E-state index in [0.29, 0.717) is 13.1 Å². The van der Waals surface area contributed by atoms with E-state index in [4.69, 9.17) is 0 Å². The summed E-state index contributed by atoms with van der Waals surface area (Å²) < 4.78 is 0. The number of fused-ring (bicyclic) bond motifs is 1. The fourth-order valence-corrected chi connectivity index (χ4v) is 6.33. The van der Waals surface area contributed by atoms with Crippen LogP contribution in [0.4, 0.5) is 0 Å². The molecule has 10 heteroatoms. The number of thiazole rings is 1. The van der Waals surface area contributed by atoms with Crippen molar-refractivity contribution in [2.24, 2.45) is 0 Å². The molecule has 1 aromatic heterocycles. The first-order valence-corrected chi connectivity index (χ1v) is 13.8. The van der Waals surface area contributed by atoms with Gasteiger partial charge < -0.3 is 20.4 Å². The quantitative estimate of drug-likeness (QED) is 0.345. The molecule has 1 saturated heterocycles. The van der Waals surface area contributed by atoms with Crippen molar-refractivity contribution in [3.63, 3.8) is 0 Å². The SMILES string of the molecule is Cc1ncsc1-c1ccc(CNC(=O)[C@@H]2C[C@@H](O)CN2C(=O)[C@H](CS)N2Cc3ccccc3C2O)cc1. The van der Waals surface area contributed by atoms with Gasteiger partial charge in [0.2, 0.25) is 11.8 Å². The van der Waals surface area contributed by atoms with Crippen molar-refractivity contribution < 1.29 is 19.8 Å². The van der Waals surface area contributed by atoms with Gasteiger partial charge in [-0.3, -0.25) is 14.5 Å². The summed E-state index contributed by atoms with van der Waals surface area (Å²) in [6, 6.07) is 14.0. The molecule has 0 saturated carbocycles. The Morgan fingerprint density at radius 3 is 2.62 bits per heavy atom. The number of hydrogen-bond donors (Lipinski definition) is 4. The van der Waals surface area contributed by atoms with E-state index < -0.39 is 24.4 Å². The lowest BCUT2D eigenvalue weighted by molar-refractivity contribution is -0.145. The van der Waals surface area contributed by atoms with Crippen LogP contribution >= 0.6 is 24.0 Å². The molecule has 2 aliphatic rings. The third kappa shape index (κ3) is 5.17. The Bertz CT molecular complexity index is 1280. The maximum absolute atomic E-state index is 13.6. The maximum Gasteiger partial charge on any atom is 0.243 e. The van der Waals surface area contributed by atoms with Crippen LogP contribution in [0.1, 0.15) is 35.0 Å². The molecule has 0 spiro atoms. The Kier molecular flexibility index (Phi) is 7.64. The lowest BCUT2D eigenvalue weighted by Crippen LogP contribution is -2.54. The third-order valence-electron chi connectivity index (χ3n) is 7.15. The number of rotatable bonds is 7. The van der Waals surface area contributed by atoms with E-state index >= 15 is 0 Å². The molecule has 37 heavy (non-hydrogen) atoms. The van der Waals surface area contributed by atoms with Gasteiger partial charge in [0.15, 0.2) is 0 Å². The minimum Gasteiger partial charge on any atom is -0.391 e. The summed E-state index contributed by atoms with van der Waals surface area (Å²) in [5.74, 6) is -0.450. The fourth-order valence-electron chi connectivity index (χ4n) is 5.15. The highest BCUT2D eigenvalue weighted by atomic mass is 32.1. The van der Waals surface area contributed by atoms with Crippen LogP contribution in [0.3, 0.4) is 0 Å². The van der Waals surface area contributed by atoms with Crippen LogP contribution in [0.25, 0.3) is 10.4 Å². The summed E-state index contributed by atoms with van der Waals surface area (Å²) in [5.41, 5.74) is 6.55.